The van der Waals surface area contributed by atoms with Crippen molar-refractivity contribution in [1.29, 1.82) is 0 Å². The minimum Gasteiger partial charge on any atom is -0.481 e. The Balaban J connectivity index is 2.58. The van der Waals surface area contributed by atoms with E-state index < -0.39 is 5.97 Å². The minimum absolute atomic E-state index is 0.118. The van der Waals surface area contributed by atoms with Crippen LogP contribution in [-0.4, -0.2) is 33.7 Å². The van der Waals surface area contributed by atoms with Gasteiger partial charge >= 0.3 is 5.97 Å². The van der Waals surface area contributed by atoms with Gasteiger partial charge in [0.25, 0.3) is 5.91 Å². The molecule has 1 atom stereocenters. The molecule has 1 heterocycles. The Bertz CT molecular complexity index is 489. The predicted octanol–water partition coefficient (Wildman–Crippen LogP) is 1.58. The first-order valence-electron chi connectivity index (χ1n) is 6.77. The van der Waals surface area contributed by atoms with Crippen molar-refractivity contribution < 1.29 is 14.7 Å². The fraction of sp³-hybridized carbons (Fsp3) is 0.571. The van der Waals surface area contributed by atoms with Crippen LogP contribution in [0, 0.1) is 12.8 Å². The molecule has 2 N–H and O–H groups in total. The van der Waals surface area contributed by atoms with E-state index in [1.54, 1.807) is 13.0 Å². The predicted molar refractivity (Wildman–Crippen MR) is 74.5 cm³/mol. The van der Waals surface area contributed by atoms with E-state index in [0.717, 1.165) is 0 Å². The lowest BCUT2D eigenvalue weighted by Gasteiger charge is -2.12. The Morgan fingerprint density at radius 1 is 1.40 bits per heavy atom. The molecule has 0 aromatic carbocycles. The average Bonchev–Trinajstić information content (AvgIpc) is 2.42. The highest BCUT2D eigenvalue weighted by Gasteiger charge is 2.14. The third-order valence-electron chi connectivity index (χ3n) is 3.03. The second-order valence-electron chi connectivity index (χ2n) is 4.95. The molecule has 1 aromatic heterocycles. The smallest absolute Gasteiger partial charge is 0.303 e. The average molecular weight is 279 g/mol. The number of aliphatic carboxylic acids is 1. The first kappa shape index (κ1) is 16.1. The summed E-state index contributed by atoms with van der Waals surface area (Å²) in [6, 6.07) is 1.73. The second kappa shape index (κ2) is 7.57. The van der Waals surface area contributed by atoms with Gasteiger partial charge in [-0.1, -0.05) is 13.8 Å². The van der Waals surface area contributed by atoms with E-state index in [1.807, 2.05) is 13.8 Å². The van der Waals surface area contributed by atoms with E-state index >= 15 is 0 Å². The number of carboxylic acids is 1. The number of aromatic nitrogens is 2. The Morgan fingerprint density at radius 2 is 2.10 bits per heavy atom. The molecule has 0 aliphatic rings. The maximum absolute atomic E-state index is 12.1. The van der Waals surface area contributed by atoms with Crippen molar-refractivity contribution in [2.45, 2.75) is 40.0 Å². The zero-order valence-corrected chi connectivity index (χ0v) is 12.1. The molecule has 6 nitrogen and oxygen atoms in total. The van der Waals surface area contributed by atoms with Crippen LogP contribution in [0.3, 0.4) is 0 Å². The zero-order valence-electron chi connectivity index (χ0n) is 12.1. The maximum atomic E-state index is 12.1. The summed E-state index contributed by atoms with van der Waals surface area (Å²) in [5, 5.41) is 19.4. The summed E-state index contributed by atoms with van der Waals surface area (Å²) in [6.07, 6.45) is 1.31. The van der Waals surface area contributed by atoms with Gasteiger partial charge in [0.2, 0.25) is 0 Å². The summed E-state index contributed by atoms with van der Waals surface area (Å²) >= 11 is 0. The van der Waals surface area contributed by atoms with Crippen LogP contribution >= 0.6 is 0 Å². The number of hydrogen-bond acceptors (Lipinski definition) is 4. The highest BCUT2D eigenvalue weighted by Crippen LogP contribution is 2.09. The van der Waals surface area contributed by atoms with Crippen LogP contribution in [0.2, 0.25) is 0 Å². The Labute approximate surface area is 118 Å². The molecule has 20 heavy (non-hydrogen) atoms. The summed E-state index contributed by atoms with van der Waals surface area (Å²) < 4.78 is 0. The molecule has 1 amide bonds. The highest BCUT2D eigenvalue weighted by molar-refractivity contribution is 5.95. The molecule has 0 aliphatic carbocycles. The molecule has 0 bridgehead atoms. The van der Waals surface area contributed by atoms with Crippen LogP contribution in [-0.2, 0) is 11.2 Å². The number of hydrogen-bond donors (Lipinski definition) is 2. The Kier molecular flexibility index (Phi) is 6.09. The van der Waals surface area contributed by atoms with Gasteiger partial charge < -0.3 is 10.4 Å². The zero-order chi connectivity index (χ0) is 15.1. The van der Waals surface area contributed by atoms with Crippen molar-refractivity contribution in [3.63, 3.8) is 0 Å². The molecule has 6 heteroatoms. The maximum Gasteiger partial charge on any atom is 0.303 e. The van der Waals surface area contributed by atoms with Gasteiger partial charge in [-0.3, -0.25) is 9.59 Å². The van der Waals surface area contributed by atoms with E-state index in [4.69, 9.17) is 5.11 Å². The lowest BCUT2D eigenvalue weighted by molar-refractivity contribution is -0.137. The van der Waals surface area contributed by atoms with E-state index in [0.29, 0.717) is 36.3 Å². The van der Waals surface area contributed by atoms with Crippen LogP contribution in [0.4, 0.5) is 0 Å². The molecule has 0 spiro atoms. The summed E-state index contributed by atoms with van der Waals surface area (Å²) in [6.45, 7) is 6.08. The fourth-order valence-electron chi connectivity index (χ4n) is 1.81. The number of carbonyl (C=O) groups excluding carboxylic acids is 1. The van der Waals surface area contributed by atoms with Crippen molar-refractivity contribution in [3.05, 3.63) is 23.0 Å². The van der Waals surface area contributed by atoms with Crippen LogP contribution in [0.25, 0.3) is 0 Å². The summed E-state index contributed by atoms with van der Waals surface area (Å²) in [5.41, 5.74) is 1.92. The lowest BCUT2D eigenvalue weighted by Crippen LogP contribution is -2.29. The van der Waals surface area contributed by atoms with Crippen LogP contribution in [0.5, 0.6) is 0 Å². The van der Waals surface area contributed by atoms with Crippen molar-refractivity contribution >= 4 is 11.9 Å². The normalized spacial score (nSPS) is 11.9. The summed E-state index contributed by atoms with van der Waals surface area (Å²) in [4.78, 5) is 22.6. The van der Waals surface area contributed by atoms with E-state index in [1.165, 1.54) is 0 Å². The first-order valence-corrected chi connectivity index (χ1v) is 6.77. The van der Waals surface area contributed by atoms with Gasteiger partial charge in [-0.05, 0) is 31.7 Å². The van der Waals surface area contributed by atoms with Crippen LogP contribution in [0.15, 0.2) is 6.07 Å². The van der Waals surface area contributed by atoms with E-state index in [-0.39, 0.29) is 18.2 Å². The van der Waals surface area contributed by atoms with Crippen molar-refractivity contribution in [1.82, 2.24) is 15.5 Å². The Morgan fingerprint density at radius 3 is 2.70 bits per heavy atom. The molecule has 0 aliphatic heterocycles. The standard InChI is InChI=1S/C14H21N3O3/c1-4-12-11(7-10(3)16-17-12)14(20)15-8-9(2)5-6-13(18)19/h7,9H,4-6,8H2,1-3H3,(H,15,20)(H,18,19). The molecule has 0 saturated heterocycles. The van der Waals surface area contributed by atoms with Gasteiger partial charge in [0.05, 0.1) is 17.0 Å². The van der Waals surface area contributed by atoms with Gasteiger partial charge in [-0.2, -0.15) is 10.2 Å². The first-order chi connectivity index (χ1) is 9.43. The highest BCUT2D eigenvalue weighted by atomic mass is 16.4. The van der Waals surface area contributed by atoms with Crippen molar-refractivity contribution in [3.8, 4) is 0 Å². The molecule has 1 unspecified atom stereocenters. The SMILES string of the molecule is CCc1nnc(C)cc1C(=O)NCC(C)CCC(=O)O. The molecular formula is C14H21N3O3. The van der Waals surface area contributed by atoms with Gasteiger partial charge in [0.1, 0.15) is 0 Å². The molecular weight excluding hydrogens is 258 g/mol. The van der Waals surface area contributed by atoms with Crippen LogP contribution in [0.1, 0.15) is 48.4 Å². The molecule has 1 rings (SSSR count). The van der Waals surface area contributed by atoms with E-state index in [2.05, 4.69) is 15.5 Å². The molecule has 0 fully saturated rings. The van der Waals surface area contributed by atoms with Gasteiger partial charge in [-0.15, -0.1) is 0 Å². The van der Waals surface area contributed by atoms with Gasteiger partial charge in [0.15, 0.2) is 0 Å². The van der Waals surface area contributed by atoms with Crippen molar-refractivity contribution in [2.75, 3.05) is 6.54 Å². The van der Waals surface area contributed by atoms with Gasteiger partial charge in [-0.25, -0.2) is 0 Å². The minimum atomic E-state index is -0.814. The third kappa shape index (κ3) is 4.95. The second-order valence-corrected chi connectivity index (χ2v) is 4.95. The number of amides is 1. The number of nitrogens with zero attached hydrogens (tertiary/aromatic N) is 2. The number of aryl methyl sites for hydroxylation is 2. The number of rotatable bonds is 7. The molecule has 1 aromatic rings. The lowest BCUT2D eigenvalue weighted by atomic mass is 10.1. The quantitative estimate of drug-likeness (QED) is 0.790. The number of nitrogens with one attached hydrogen (secondary N) is 1. The van der Waals surface area contributed by atoms with Crippen LogP contribution < -0.4 is 5.32 Å². The molecule has 0 radical (unpaired) electrons. The van der Waals surface area contributed by atoms with Gasteiger partial charge in [0, 0.05) is 13.0 Å². The summed E-state index contributed by atoms with van der Waals surface area (Å²) in [5.74, 6) is -0.872. The summed E-state index contributed by atoms with van der Waals surface area (Å²) in [7, 11) is 0. The fourth-order valence-corrected chi connectivity index (χ4v) is 1.81. The number of carboxylic acid groups (broad SMARTS) is 1. The molecule has 110 valence electrons. The van der Waals surface area contributed by atoms with Crippen molar-refractivity contribution in [2.24, 2.45) is 5.92 Å². The third-order valence-corrected chi connectivity index (χ3v) is 3.03. The molecule has 0 saturated carbocycles. The topological polar surface area (TPSA) is 92.2 Å². The monoisotopic (exact) mass is 279 g/mol. The van der Waals surface area contributed by atoms with E-state index in [9.17, 15) is 9.59 Å². The number of carbonyl (C=O) groups is 2. The Hall–Kier alpha value is -1.98. The largest absolute Gasteiger partial charge is 0.481 e.